The average Bonchev–Trinajstić information content (AvgIpc) is 2.48. The molecule has 5 nitrogen and oxygen atoms in total. The van der Waals surface area contributed by atoms with Gasteiger partial charge in [-0.15, -0.1) is 0 Å². The van der Waals surface area contributed by atoms with E-state index in [4.69, 9.17) is 12.2 Å². The van der Waals surface area contributed by atoms with Crippen LogP contribution in [-0.4, -0.2) is 16.9 Å². The van der Waals surface area contributed by atoms with Gasteiger partial charge in [0, 0.05) is 23.9 Å². The van der Waals surface area contributed by atoms with Gasteiger partial charge < -0.3 is 16.0 Å². The van der Waals surface area contributed by atoms with E-state index in [0.717, 1.165) is 11.3 Å². The van der Waals surface area contributed by atoms with Crippen molar-refractivity contribution in [1.29, 1.82) is 0 Å². The molecule has 2 aromatic rings. The highest BCUT2D eigenvalue weighted by molar-refractivity contribution is 7.80. The molecule has 0 saturated heterocycles. The Morgan fingerprint density at radius 1 is 0.957 bits per heavy atom. The molecule has 0 bridgehead atoms. The van der Waals surface area contributed by atoms with Crippen molar-refractivity contribution in [2.75, 3.05) is 10.6 Å². The molecule has 2 rings (SSSR count). The van der Waals surface area contributed by atoms with Crippen molar-refractivity contribution >= 4 is 40.5 Å². The zero-order chi connectivity index (χ0) is 16.8. The van der Waals surface area contributed by atoms with Gasteiger partial charge in [0.1, 0.15) is 0 Å². The Morgan fingerprint density at radius 2 is 1.57 bits per heavy atom. The summed E-state index contributed by atoms with van der Waals surface area (Å²) in [6.45, 7) is 3.33. The summed E-state index contributed by atoms with van der Waals surface area (Å²) in [5, 5.41) is 8.42. The number of anilines is 2. The Kier molecular flexibility index (Phi) is 5.43. The van der Waals surface area contributed by atoms with Crippen LogP contribution in [0.1, 0.15) is 22.8 Å². The molecule has 6 heteroatoms. The smallest absolute Gasteiger partial charge is 0.255 e. The van der Waals surface area contributed by atoms with Crippen molar-refractivity contribution in [3.63, 3.8) is 0 Å². The summed E-state index contributed by atoms with van der Waals surface area (Å²) in [5.41, 5.74) is 3.03. The first-order valence-electron chi connectivity index (χ1n) is 7.01. The van der Waals surface area contributed by atoms with Crippen molar-refractivity contribution in [2.24, 2.45) is 0 Å². The lowest BCUT2D eigenvalue weighted by molar-refractivity contribution is -0.117. The average molecular weight is 327 g/mol. The highest BCUT2D eigenvalue weighted by Crippen LogP contribution is 2.15. The minimum atomic E-state index is -0.232. The van der Waals surface area contributed by atoms with Crippen molar-refractivity contribution in [2.45, 2.75) is 13.8 Å². The van der Waals surface area contributed by atoms with Crippen LogP contribution in [0.15, 0.2) is 48.5 Å². The maximum Gasteiger partial charge on any atom is 0.255 e. The monoisotopic (exact) mass is 327 g/mol. The quantitative estimate of drug-likeness (QED) is 0.758. The lowest BCUT2D eigenvalue weighted by Crippen LogP contribution is -2.32. The summed E-state index contributed by atoms with van der Waals surface area (Å²) < 4.78 is 0. The molecule has 118 valence electrons. The first kappa shape index (κ1) is 16.6. The predicted octanol–water partition coefficient (Wildman–Crippen LogP) is 3.08. The molecule has 0 spiro atoms. The van der Waals surface area contributed by atoms with E-state index in [-0.39, 0.29) is 16.9 Å². The maximum atomic E-state index is 12.2. The number of thiocarbonyl (C=S) groups is 1. The van der Waals surface area contributed by atoms with Gasteiger partial charge in [0.25, 0.3) is 5.91 Å². The molecule has 0 atom stereocenters. The molecule has 0 radical (unpaired) electrons. The lowest BCUT2D eigenvalue weighted by atomic mass is 10.1. The van der Waals surface area contributed by atoms with Crippen LogP contribution in [0, 0.1) is 6.92 Å². The minimum Gasteiger partial charge on any atom is -0.332 e. The topological polar surface area (TPSA) is 70.2 Å². The van der Waals surface area contributed by atoms with Gasteiger partial charge in [0.05, 0.1) is 0 Å². The predicted molar refractivity (Wildman–Crippen MR) is 95.6 cm³/mol. The molecule has 3 N–H and O–H groups in total. The van der Waals surface area contributed by atoms with Gasteiger partial charge in [-0.1, -0.05) is 17.7 Å². The fourth-order valence-corrected chi connectivity index (χ4v) is 2.21. The van der Waals surface area contributed by atoms with Gasteiger partial charge >= 0.3 is 0 Å². The highest BCUT2D eigenvalue weighted by atomic mass is 32.1. The molecule has 0 heterocycles. The molecule has 2 aromatic carbocycles. The number of nitrogens with one attached hydrogen (secondary N) is 3. The van der Waals surface area contributed by atoms with Crippen molar-refractivity contribution in [1.82, 2.24) is 5.32 Å². The molecule has 0 aliphatic heterocycles. The largest absolute Gasteiger partial charge is 0.332 e. The zero-order valence-corrected chi connectivity index (χ0v) is 13.7. The fourth-order valence-electron chi connectivity index (χ4n) is 1.95. The third-order valence-corrected chi connectivity index (χ3v) is 3.17. The van der Waals surface area contributed by atoms with E-state index in [1.807, 2.05) is 25.1 Å². The van der Waals surface area contributed by atoms with Crippen LogP contribution in [0.3, 0.4) is 0 Å². The van der Waals surface area contributed by atoms with Gasteiger partial charge in [-0.2, -0.15) is 0 Å². The number of rotatable bonds is 3. The Balaban J connectivity index is 1.98. The van der Waals surface area contributed by atoms with Crippen LogP contribution in [0.25, 0.3) is 0 Å². The van der Waals surface area contributed by atoms with E-state index < -0.39 is 0 Å². The number of benzene rings is 2. The van der Waals surface area contributed by atoms with Gasteiger partial charge in [0.2, 0.25) is 5.91 Å². The summed E-state index contributed by atoms with van der Waals surface area (Å²) >= 11 is 4.98. The van der Waals surface area contributed by atoms with Crippen LogP contribution in [0.4, 0.5) is 11.4 Å². The Hall–Kier alpha value is -2.73. The molecule has 0 unspecified atom stereocenters. The second-order valence-electron chi connectivity index (χ2n) is 5.04. The molecule has 0 aliphatic rings. The van der Waals surface area contributed by atoms with Crippen molar-refractivity contribution < 1.29 is 9.59 Å². The normalized spacial score (nSPS) is 9.83. The van der Waals surface area contributed by atoms with E-state index in [0.29, 0.717) is 11.3 Å². The summed E-state index contributed by atoms with van der Waals surface area (Å²) in [6, 6.07) is 14.4. The number of hydrogen-bond acceptors (Lipinski definition) is 3. The van der Waals surface area contributed by atoms with E-state index in [9.17, 15) is 9.59 Å². The Labute approximate surface area is 140 Å². The Morgan fingerprint density at radius 3 is 2.13 bits per heavy atom. The van der Waals surface area contributed by atoms with E-state index >= 15 is 0 Å². The second kappa shape index (κ2) is 7.51. The molecule has 23 heavy (non-hydrogen) atoms. The number of aryl methyl sites for hydroxylation is 1. The molecule has 0 fully saturated rings. The van der Waals surface area contributed by atoms with Crippen LogP contribution in [0.2, 0.25) is 0 Å². The number of amides is 2. The van der Waals surface area contributed by atoms with Crippen LogP contribution in [0.5, 0.6) is 0 Å². The maximum absolute atomic E-state index is 12.2. The minimum absolute atomic E-state index is 0.164. The van der Waals surface area contributed by atoms with Gasteiger partial charge in [-0.25, -0.2) is 0 Å². The van der Waals surface area contributed by atoms with Crippen molar-refractivity contribution in [3.05, 3.63) is 59.7 Å². The molecular formula is C17H17N3O2S. The number of hydrogen-bond donors (Lipinski definition) is 3. The van der Waals surface area contributed by atoms with Gasteiger partial charge in [-0.05, 0) is 55.5 Å². The molecule has 0 saturated carbocycles. The second-order valence-corrected chi connectivity index (χ2v) is 5.44. The number of carbonyl (C=O) groups is 2. The summed E-state index contributed by atoms with van der Waals surface area (Å²) in [4.78, 5) is 23.0. The standard InChI is InChI=1S/C17H17N3O2S/c1-11-4-3-5-13(10-11)16(22)19-14-6-8-15(9-7-14)20-17(23)18-12(2)21/h3-10H,1-2H3,(H,19,22)(H2,18,20,21,23). The van der Waals surface area contributed by atoms with Crippen LogP contribution >= 0.6 is 12.2 Å². The molecule has 0 aliphatic carbocycles. The van der Waals surface area contributed by atoms with E-state index in [2.05, 4.69) is 16.0 Å². The summed E-state index contributed by atoms with van der Waals surface area (Å²) in [7, 11) is 0. The molecule has 0 aromatic heterocycles. The Bertz CT molecular complexity index is 742. The first-order valence-corrected chi connectivity index (χ1v) is 7.41. The summed E-state index contributed by atoms with van der Waals surface area (Å²) in [5.74, 6) is -0.396. The zero-order valence-electron chi connectivity index (χ0n) is 12.8. The van der Waals surface area contributed by atoms with Crippen molar-refractivity contribution in [3.8, 4) is 0 Å². The highest BCUT2D eigenvalue weighted by Gasteiger charge is 2.06. The van der Waals surface area contributed by atoms with E-state index in [1.165, 1.54) is 6.92 Å². The molecular weight excluding hydrogens is 310 g/mol. The van der Waals surface area contributed by atoms with E-state index in [1.54, 1.807) is 30.3 Å². The lowest BCUT2D eigenvalue weighted by Gasteiger charge is -2.10. The summed E-state index contributed by atoms with van der Waals surface area (Å²) in [6.07, 6.45) is 0. The van der Waals surface area contributed by atoms with Gasteiger partial charge in [-0.3, -0.25) is 9.59 Å². The third-order valence-electron chi connectivity index (χ3n) is 2.97. The SMILES string of the molecule is CC(=O)NC(=S)Nc1ccc(NC(=O)c2cccc(C)c2)cc1. The molecule has 2 amide bonds. The van der Waals surface area contributed by atoms with Gasteiger partial charge in [0.15, 0.2) is 5.11 Å². The first-order chi connectivity index (χ1) is 10.9. The van der Waals surface area contributed by atoms with Crippen LogP contribution < -0.4 is 16.0 Å². The number of carbonyl (C=O) groups excluding carboxylic acids is 2. The third kappa shape index (κ3) is 5.19. The van der Waals surface area contributed by atoms with Crippen LogP contribution in [-0.2, 0) is 4.79 Å². The fraction of sp³-hybridized carbons (Fsp3) is 0.118.